The molecule has 8 nitrogen and oxygen atoms in total. The van der Waals surface area contributed by atoms with Gasteiger partial charge in [-0.1, -0.05) is 66.2 Å². The number of hydrogen-bond acceptors (Lipinski definition) is 7. The predicted molar refractivity (Wildman–Crippen MR) is 136 cm³/mol. The van der Waals surface area contributed by atoms with Gasteiger partial charge in [-0.2, -0.15) is 0 Å². The Morgan fingerprint density at radius 2 is 1.58 bits per heavy atom. The highest BCUT2D eigenvalue weighted by atomic mass is 16.7. The molecule has 3 heterocycles. The van der Waals surface area contributed by atoms with E-state index in [2.05, 4.69) is 92.9 Å². The Kier molecular flexibility index (Phi) is 6.36. The van der Waals surface area contributed by atoms with E-state index in [0.29, 0.717) is 13.3 Å². The molecule has 3 aromatic carbocycles. The molecule has 1 fully saturated rings. The van der Waals surface area contributed by atoms with Crippen LogP contribution in [0.25, 0.3) is 0 Å². The molecule has 0 spiro atoms. The highest BCUT2D eigenvalue weighted by Crippen LogP contribution is 2.33. The summed E-state index contributed by atoms with van der Waals surface area (Å²) in [5.74, 6) is 2.56. The highest BCUT2D eigenvalue weighted by Gasteiger charge is 2.30. The third-order valence-corrected chi connectivity index (χ3v) is 6.99. The van der Waals surface area contributed by atoms with E-state index in [4.69, 9.17) is 9.47 Å². The van der Waals surface area contributed by atoms with Gasteiger partial charge in [0.05, 0.1) is 12.6 Å². The molecule has 0 N–H and O–H groups in total. The van der Waals surface area contributed by atoms with Crippen molar-refractivity contribution in [2.24, 2.45) is 0 Å². The molecule has 36 heavy (non-hydrogen) atoms. The normalized spacial score (nSPS) is 16.8. The van der Waals surface area contributed by atoms with E-state index < -0.39 is 0 Å². The quantitative estimate of drug-likeness (QED) is 0.398. The number of ether oxygens (including phenoxy) is 2. The van der Waals surface area contributed by atoms with Crippen molar-refractivity contribution in [3.8, 4) is 11.5 Å². The van der Waals surface area contributed by atoms with Crippen molar-refractivity contribution >= 4 is 0 Å². The maximum atomic E-state index is 5.56. The van der Waals surface area contributed by atoms with Crippen molar-refractivity contribution in [2.45, 2.75) is 26.1 Å². The maximum Gasteiger partial charge on any atom is 0.231 e. The lowest BCUT2D eigenvalue weighted by atomic mass is 10.0. The lowest BCUT2D eigenvalue weighted by Crippen LogP contribution is -2.48. The van der Waals surface area contributed by atoms with Crippen LogP contribution in [0.5, 0.6) is 11.5 Å². The lowest BCUT2D eigenvalue weighted by Gasteiger charge is -2.39. The zero-order valence-corrected chi connectivity index (χ0v) is 20.5. The molecule has 6 rings (SSSR count). The molecular weight excluding hydrogens is 452 g/mol. The number of piperazine rings is 1. The van der Waals surface area contributed by atoms with Crippen LogP contribution in [0.4, 0.5) is 0 Å². The van der Waals surface area contributed by atoms with Crippen LogP contribution in [0.15, 0.2) is 72.8 Å². The van der Waals surface area contributed by atoms with Gasteiger partial charge >= 0.3 is 0 Å². The molecule has 1 atom stereocenters. The molecule has 2 aliphatic rings. The lowest BCUT2D eigenvalue weighted by molar-refractivity contribution is 0.100. The first-order valence-electron chi connectivity index (χ1n) is 12.4. The van der Waals surface area contributed by atoms with Gasteiger partial charge in [-0.3, -0.25) is 9.80 Å². The number of tetrazole rings is 1. The fourth-order valence-corrected chi connectivity index (χ4v) is 5.03. The van der Waals surface area contributed by atoms with Gasteiger partial charge in [-0.05, 0) is 46.2 Å². The van der Waals surface area contributed by atoms with Gasteiger partial charge in [0, 0.05) is 32.7 Å². The van der Waals surface area contributed by atoms with Gasteiger partial charge in [0.15, 0.2) is 17.3 Å². The molecular formula is C28H30N6O2. The Balaban J connectivity index is 1.21. The number of hydrogen-bond donors (Lipinski definition) is 0. The zero-order chi connectivity index (χ0) is 24.3. The van der Waals surface area contributed by atoms with Crippen molar-refractivity contribution in [3.63, 3.8) is 0 Å². The first kappa shape index (κ1) is 22.7. The smallest absolute Gasteiger partial charge is 0.231 e. The number of nitrogens with zero attached hydrogens (tertiary/aromatic N) is 6. The van der Waals surface area contributed by atoms with E-state index in [-0.39, 0.29) is 6.04 Å². The molecule has 1 aromatic heterocycles. The average molecular weight is 483 g/mol. The number of rotatable bonds is 7. The third-order valence-electron chi connectivity index (χ3n) is 6.99. The van der Waals surface area contributed by atoms with E-state index in [1.54, 1.807) is 0 Å². The Morgan fingerprint density at radius 1 is 0.806 bits per heavy atom. The minimum Gasteiger partial charge on any atom is -0.454 e. The highest BCUT2D eigenvalue weighted by molar-refractivity contribution is 5.44. The van der Waals surface area contributed by atoms with Gasteiger partial charge in [-0.25, -0.2) is 4.68 Å². The number of aryl methyl sites for hydroxylation is 1. The molecule has 0 unspecified atom stereocenters. The molecule has 0 amide bonds. The fraction of sp³-hybridized carbons (Fsp3) is 0.321. The van der Waals surface area contributed by atoms with Gasteiger partial charge in [0.1, 0.15) is 0 Å². The minimum absolute atomic E-state index is 0.00277. The van der Waals surface area contributed by atoms with Crippen LogP contribution in [0.1, 0.15) is 34.1 Å². The number of benzene rings is 3. The Bertz CT molecular complexity index is 1300. The first-order chi connectivity index (χ1) is 17.7. The molecule has 184 valence electrons. The van der Waals surface area contributed by atoms with E-state index in [1.807, 2.05) is 16.8 Å². The molecule has 2 aliphatic heterocycles. The number of fused-ring (bicyclic) bond motifs is 1. The van der Waals surface area contributed by atoms with Crippen molar-refractivity contribution in [1.29, 1.82) is 0 Å². The van der Waals surface area contributed by atoms with Gasteiger partial charge < -0.3 is 9.47 Å². The van der Waals surface area contributed by atoms with Gasteiger partial charge in [0.25, 0.3) is 0 Å². The summed E-state index contributed by atoms with van der Waals surface area (Å²) in [5, 5.41) is 13.0. The van der Waals surface area contributed by atoms with Crippen LogP contribution in [-0.2, 0) is 13.1 Å². The monoisotopic (exact) mass is 482 g/mol. The summed E-state index contributed by atoms with van der Waals surface area (Å²) in [7, 11) is 0. The van der Waals surface area contributed by atoms with Crippen molar-refractivity contribution in [1.82, 2.24) is 30.0 Å². The van der Waals surface area contributed by atoms with Crippen molar-refractivity contribution in [3.05, 3.63) is 101 Å². The van der Waals surface area contributed by atoms with E-state index in [1.165, 1.54) is 22.3 Å². The Hall–Kier alpha value is -3.75. The molecule has 1 saturated heterocycles. The van der Waals surface area contributed by atoms with Gasteiger partial charge in [-0.15, -0.1) is 5.10 Å². The van der Waals surface area contributed by atoms with Crippen LogP contribution in [0, 0.1) is 6.92 Å². The maximum absolute atomic E-state index is 5.56. The molecule has 0 radical (unpaired) electrons. The van der Waals surface area contributed by atoms with Crippen LogP contribution < -0.4 is 9.47 Å². The second-order valence-electron chi connectivity index (χ2n) is 9.49. The van der Waals surface area contributed by atoms with Crippen LogP contribution in [-0.4, -0.2) is 63.0 Å². The molecule has 0 bridgehead atoms. The molecule has 8 heteroatoms. The summed E-state index contributed by atoms with van der Waals surface area (Å²) >= 11 is 0. The molecule has 4 aromatic rings. The van der Waals surface area contributed by atoms with Gasteiger partial charge in [0.2, 0.25) is 6.79 Å². The summed E-state index contributed by atoms with van der Waals surface area (Å²) < 4.78 is 13.0. The molecule has 0 aliphatic carbocycles. The molecule has 0 saturated carbocycles. The average Bonchev–Trinajstić information content (AvgIpc) is 3.56. The summed E-state index contributed by atoms with van der Waals surface area (Å²) in [4.78, 5) is 5.00. The van der Waals surface area contributed by atoms with E-state index in [9.17, 15) is 0 Å². The van der Waals surface area contributed by atoms with Crippen molar-refractivity contribution in [2.75, 3.05) is 33.0 Å². The largest absolute Gasteiger partial charge is 0.454 e. The van der Waals surface area contributed by atoms with Crippen molar-refractivity contribution < 1.29 is 9.47 Å². The minimum atomic E-state index is -0.00277. The number of aromatic nitrogens is 4. The van der Waals surface area contributed by atoms with Crippen LogP contribution >= 0.6 is 0 Å². The first-order valence-corrected chi connectivity index (χ1v) is 12.4. The summed E-state index contributed by atoms with van der Waals surface area (Å²) in [6.07, 6.45) is 0. The summed E-state index contributed by atoms with van der Waals surface area (Å²) in [5.41, 5.74) is 4.89. The van der Waals surface area contributed by atoms with E-state index in [0.717, 1.165) is 50.0 Å². The fourth-order valence-electron chi connectivity index (χ4n) is 5.03. The second-order valence-corrected chi connectivity index (χ2v) is 9.49. The topological polar surface area (TPSA) is 68.5 Å². The summed E-state index contributed by atoms with van der Waals surface area (Å²) in [6.45, 7) is 7.77. The Morgan fingerprint density at radius 3 is 2.39 bits per heavy atom. The second kappa shape index (κ2) is 10.1. The zero-order valence-electron chi connectivity index (χ0n) is 20.5. The predicted octanol–water partition coefficient (Wildman–Crippen LogP) is 3.67. The Labute approximate surface area is 211 Å². The third kappa shape index (κ3) is 4.82. The standard InChI is InChI=1S/C28H30N6O2/c1-21-7-10-24(11-8-21)27(28-29-30-31-34(28)19-22-5-3-2-4-6-22)33-15-13-32(14-16-33)18-23-9-12-25-26(17-23)36-20-35-25/h2-12,17,27H,13-16,18-20H2,1H3/t27-/m1/s1. The summed E-state index contributed by atoms with van der Waals surface area (Å²) in [6, 6.07) is 25.4. The van der Waals surface area contributed by atoms with Crippen LogP contribution in [0.3, 0.4) is 0 Å². The SMILES string of the molecule is Cc1ccc([C@H](c2nnnn2Cc2ccccc2)N2CCN(Cc3ccc4c(c3)OCO4)CC2)cc1. The van der Waals surface area contributed by atoms with E-state index >= 15 is 0 Å². The van der Waals surface area contributed by atoms with Crippen LogP contribution in [0.2, 0.25) is 0 Å².